The predicted octanol–water partition coefficient (Wildman–Crippen LogP) is -1.14. The van der Waals surface area contributed by atoms with Crippen molar-refractivity contribution in [3.8, 4) is 0 Å². The minimum absolute atomic E-state index is 0.214. The van der Waals surface area contributed by atoms with Gasteiger partial charge in [0.25, 0.3) is 0 Å². The first-order valence-corrected chi connectivity index (χ1v) is 5.56. The van der Waals surface area contributed by atoms with Crippen LogP contribution < -0.4 is 5.73 Å². The van der Waals surface area contributed by atoms with Gasteiger partial charge in [0, 0.05) is 39.1 Å². The van der Waals surface area contributed by atoms with Crippen molar-refractivity contribution < 1.29 is 9.90 Å². The summed E-state index contributed by atoms with van der Waals surface area (Å²) >= 11 is 0. The summed E-state index contributed by atoms with van der Waals surface area (Å²) in [6.45, 7) is 6.04. The smallest absolute Gasteiger partial charge is 0.217 e. The molecule has 0 unspecified atom stereocenters. The van der Waals surface area contributed by atoms with Gasteiger partial charge < -0.3 is 15.7 Å². The number of rotatable bonds is 6. The number of primary amides is 1. The molecule has 0 saturated carbocycles. The summed E-state index contributed by atoms with van der Waals surface area (Å²) in [5.41, 5.74) is 5.08. The molecule has 1 fully saturated rings. The third-order valence-electron chi connectivity index (χ3n) is 2.78. The molecule has 15 heavy (non-hydrogen) atoms. The highest BCUT2D eigenvalue weighted by atomic mass is 16.3. The van der Waals surface area contributed by atoms with Crippen molar-refractivity contribution in [3.05, 3.63) is 0 Å². The Balaban J connectivity index is 2.06. The van der Waals surface area contributed by atoms with E-state index in [1.807, 2.05) is 0 Å². The standard InChI is InChI=1S/C10H21N3O2/c11-10(15)2-1-3-12-4-6-13(7-5-12)8-9-14/h14H,1-9H2,(H2,11,15). The average Bonchev–Trinajstić information content (AvgIpc) is 2.20. The van der Waals surface area contributed by atoms with Crippen molar-refractivity contribution in [1.82, 2.24) is 9.80 Å². The summed E-state index contributed by atoms with van der Waals surface area (Å²) in [5, 5.41) is 8.78. The molecule has 0 aliphatic carbocycles. The third kappa shape index (κ3) is 5.11. The van der Waals surface area contributed by atoms with Crippen molar-refractivity contribution in [3.63, 3.8) is 0 Å². The Morgan fingerprint density at radius 1 is 1.13 bits per heavy atom. The van der Waals surface area contributed by atoms with Crippen LogP contribution >= 0.6 is 0 Å². The number of aliphatic hydroxyl groups is 1. The van der Waals surface area contributed by atoms with Gasteiger partial charge >= 0.3 is 0 Å². The molecular weight excluding hydrogens is 194 g/mol. The topological polar surface area (TPSA) is 69.8 Å². The summed E-state index contributed by atoms with van der Waals surface area (Å²) in [4.78, 5) is 15.1. The maximum atomic E-state index is 10.5. The molecule has 1 saturated heterocycles. The van der Waals surface area contributed by atoms with Gasteiger partial charge in [0.15, 0.2) is 0 Å². The van der Waals surface area contributed by atoms with Gasteiger partial charge in [-0.1, -0.05) is 0 Å². The second-order valence-corrected chi connectivity index (χ2v) is 3.98. The second kappa shape index (κ2) is 6.76. The van der Waals surface area contributed by atoms with Crippen LogP contribution in [-0.2, 0) is 4.79 Å². The molecule has 88 valence electrons. The first kappa shape index (κ1) is 12.4. The highest BCUT2D eigenvalue weighted by Gasteiger charge is 2.15. The molecule has 1 aliphatic rings. The fraction of sp³-hybridized carbons (Fsp3) is 0.900. The SMILES string of the molecule is NC(=O)CCCN1CCN(CCO)CC1. The maximum absolute atomic E-state index is 10.5. The Labute approximate surface area is 90.8 Å². The van der Waals surface area contributed by atoms with Crippen LogP contribution in [0.25, 0.3) is 0 Å². The van der Waals surface area contributed by atoms with E-state index in [0.29, 0.717) is 6.42 Å². The number of hydrogen-bond acceptors (Lipinski definition) is 4. The number of β-amino-alcohol motifs (C(OH)–C–C–N with tert-alkyl or cyclic N) is 1. The minimum atomic E-state index is -0.214. The van der Waals surface area contributed by atoms with Gasteiger partial charge in [0.05, 0.1) is 6.61 Å². The summed E-state index contributed by atoms with van der Waals surface area (Å²) in [7, 11) is 0. The van der Waals surface area contributed by atoms with Crippen molar-refractivity contribution in [2.24, 2.45) is 5.73 Å². The van der Waals surface area contributed by atoms with Crippen LogP contribution in [0.5, 0.6) is 0 Å². The predicted molar refractivity (Wildman–Crippen MR) is 58.4 cm³/mol. The molecule has 1 amide bonds. The van der Waals surface area contributed by atoms with E-state index in [1.165, 1.54) is 0 Å². The normalized spacial score (nSPS) is 19.3. The lowest BCUT2D eigenvalue weighted by Gasteiger charge is -2.34. The fourth-order valence-corrected chi connectivity index (χ4v) is 1.85. The van der Waals surface area contributed by atoms with Crippen LogP contribution in [-0.4, -0.2) is 66.7 Å². The molecule has 0 aromatic rings. The fourth-order valence-electron chi connectivity index (χ4n) is 1.85. The molecule has 0 aromatic carbocycles. The first-order chi connectivity index (χ1) is 7.22. The maximum Gasteiger partial charge on any atom is 0.217 e. The Morgan fingerprint density at radius 3 is 2.13 bits per heavy atom. The van der Waals surface area contributed by atoms with E-state index in [4.69, 9.17) is 10.8 Å². The zero-order chi connectivity index (χ0) is 11.1. The lowest BCUT2D eigenvalue weighted by atomic mass is 10.2. The molecule has 1 heterocycles. The summed E-state index contributed by atoms with van der Waals surface area (Å²) in [6, 6.07) is 0. The molecule has 5 heteroatoms. The van der Waals surface area contributed by atoms with Crippen LogP contribution in [0, 0.1) is 0 Å². The van der Waals surface area contributed by atoms with Crippen LogP contribution in [0.15, 0.2) is 0 Å². The lowest BCUT2D eigenvalue weighted by molar-refractivity contribution is -0.118. The average molecular weight is 215 g/mol. The molecule has 0 bridgehead atoms. The number of carbonyl (C=O) groups excluding carboxylic acids is 1. The number of nitrogens with two attached hydrogens (primary N) is 1. The van der Waals surface area contributed by atoms with Crippen LogP contribution in [0.4, 0.5) is 0 Å². The monoisotopic (exact) mass is 215 g/mol. The zero-order valence-electron chi connectivity index (χ0n) is 9.19. The van der Waals surface area contributed by atoms with Crippen LogP contribution in [0.1, 0.15) is 12.8 Å². The zero-order valence-corrected chi connectivity index (χ0v) is 9.19. The minimum Gasteiger partial charge on any atom is -0.395 e. The highest BCUT2D eigenvalue weighted by Crippen LogP contribution is 2.02. The van der Waals surface area contributed by atoms with Crippen LogP contribution in [0.3, 0.4) is 0 Å². The number of amides is 1. The largest absolute Gasteiger partial charge is 0.395 e. The van der Waals surface area contributed by atoms with Gasteiger partial charge in [-0.05, 0) is 13.0 Å². The third-order valence-corrected chi connectivity index (χ3v) is 2.78. The molecule has 1 rings (SSSR count). The Morgan fingerprint density at radius 2 is 1.67 bits per heavy atom. The first-order valence-electron chi connectivity index (χ1n) is 5.56. The summed E-state index contributed by atoms with van der Waals surface area (Å²) < 4.78 is 0. The summed E-state index contributed by atoms with van der Waals surface area (Å²) in [6.07, 6.45) is 1.34. The highest BCUT2D eigenvalue weighted by molar-refractivity contribution is 5.73. The van der Waals surface area contributed by atoms with E-state index >= 15 is 0 Å². The van der Waals surface area contributed by atoms with Crippen molar-refractivity contribution in [2.75, 3.05) is 45.9 Å². The number of carbonyl (C=O) groups is 1. The second-order valence-electron chi connectivity index (χ2n) is 3.98. The summed E-state index contributed by atoms with van der Waals surface area (Å²) in [5.74, 6) is -0.214. The Hall–Kier alpha value is -0.650. The van der Waals surface area contributed by atoms with E-state index in [1.54, 1.807) is 0 Å². The van der Waals surface area contributed by atoms with Crippen LogP contribution in [0.2, 0.25) is 0 Å². The van der Waals surface area contributed by atoms with Crippen molar-refractivity contribution in [2.45, 2.75) is 12.8 Å². The molecule has 0 atom stereocenters. The molecular formula is C10H21N3O2. The van der Waals surface area contributed by atoms with Gasteiger partial charge in [-0.3, -0.25) is 9.69 Å². The van der Waals surface area contributed by atoms with Gasteiger partial charge in [0.1, 0.15) is 0 Å². The molecule has 0 aromatic heterocycles. The molecule has 1 aliphatic heterocycles. The molecule has 3 N–H and O–H groups in total. The van der Waals surface area contributed by atoms with Crippen molar-refractivity contribution >= 4 is 5.91 Å². The number of aliphatic hydroxyl groups excluding tert-OH is 1. The quantitative estimate of drug-likeness (QED) is 0.588. The number of hydrogen-bond donors (Lipinski definition) is 2. The van der Waals surface area contributed by atoms with Crippen molar-refractivity contribution in [1.29, 1.82) is 0 Å². The van der Waals surface area contributed by atoms with E-state index in [9.17, 15) is 4.79 Å². The van der Waals surface area contributed by atoms with Gasteiger partial charge in [0.2, 0.25) is 5.91 Å². The lowest BCUT2D eigenvalue weighted by Crippen LogP contribution is -2.47. The Kier molecular flexibility index (Phi) is 5.60. The van der Waals surface area contributed by atoms with E-state index < -0.39 is 0 Å². The molecule has 0 spiro atoms. The van der Waals surface area contributed by atoms with E-state index in [-0.39, 0.29) is 12.5 Å². The van der Waals surface area contributed by atoms with Gasteiger partial charge in [-0.2, -0.15) is 0 Å². The van der Waals surface area contributed by atoms with E-state index in [0.717, 1.165) is 45.7 Å². The molecule has 0 radical (unpaired) electrons. The number of nitrogens with zero attached hydrogens (tertiary/aromatic N) is 2. The van der Waals surface area contributed by atoms with Gasteiger partial charge in [-0.15, -0.1) is 0 Å². The Bertz CT molecular complexity index is 191. The number of piperazine rings is 1. The molecule has 5 nitrogen and oxygen atoms in total. The van der Waals surface area contributed by atoms with E-state index in [2.05, 4.69) is 9.80 Å². The van der Waals surface area contributed by atoms with Gasteiger partial charge in [-0.25, -0.2) is 0 Å².